The average Bonchev–Trinajstić information content (AvgIpc) is 2.37. The maximum Gasteiger partial charge on any atom is 0.258 e. The fourth-order valence-electron chi connectivity index (χ4n) is 1.60. The number of hydrogen-bond donors (Lipinski definition) is 2. The van der Waals surface area contributed by atoms with Crippen molar-refractivity contribution in [1.29, 1.82) is 0 Å². The Kier molecular flexibility index (Phi) is 6.11. The third kappa shape index (κ3) is 4.11. The molecule has 6 heteroatoms. The number of primary amides is 1. The number of nitrogens with two attached hydrogens (primary N) is 2. The average molecular weight is 331 g/mol. The molecular formula is C13H19BrN2O3. The topological polar surface area (TPSA) is 87.6 Å². The van der Waals surface area contributed by atoms with E-state index in [9.17, 15) is 4.79 Å². The molecule has 1 amide bonds. The second-order valence-electron chi connectivity index (χ2n) is 3.96. The van der Waals surface area contributed by atoms with Crippen molar-refractivity contribution in [1.82, 2.24) is 0 Å². The van der Waals surface area contributed by atoms with Gasteiger partial charge in [-0.15, -0.1) is 0 Å². The molecule has 0 aliphatic carbocycles. The highest BCUT2D eigenvalue weighted by Gasteiger charge is 2.20. The molecule has 0 radical (unpaired) electrons. The zero-order valence-corrected chi connectivity index (χ0v) is 12.7. The summed E-state index contributed by atoms with van der Waals surface area (Å²) in [5, 5.41) is 0. The molecule has 19 heavy (non-hydrogen) atoms. The van der Waals surface area contributed by atoms with Gasteiger partial charge in [0.2, 0.25) is 0 Å². The standard InChI is InChI=1S/C13H19BrN2O3/c1-3-10(13(16)17)19-12-9(14)5-8(7-15)6-11(12)18-4-2/h5-6,10H,3-4,7,15H2,1-2H3,(H2,16,17). The molecule has 0 saturated heterocycles. The molecule has 1 atom stereocenters. The van der Waals surface area contributed by atoms with Crippen LogP contribution in [0.2, 0.25) is 0 Å². The van der Waals surface area contributed by atoms with Gasteiger partial charge in [0, 0.05) is 6.54 Å². The van der Waals surface area contributed by atoms with E-state index in [0.29, 0.717) is 35.5 Å². The predicted molar refractivity (Wildman–Crippen MR) is 77.1 cm³/mol. The summed E-state index contributed by atoms with van der Waals surface area (Å²) in [6.07, 6.45) is -0.189. The Bertz CT molecular complexity index is 452. The molecule has 0 heterocycles. The molecule has 1 aromatic rings. The molecule has 0 aromatic heterocycles. The Hall–Kier alpha value is -1.27. The fraction of sp³-hybridized carbons (Fsp3) is 0.462. The first-order chi connectivity index (χ1) is 9.03. The van der Waals surface area contributed by atoms with Crippen molar-refractivity contribution in [2.45, 2.75) is 32.9 Å². The molecule has 1 aromatic carbocycles. The Labute approximate surface area is 121 Å². The third-order valence-corrected chi connectivity index (χ3v) is 3.14. The van der Waals surface area contributed by atoms with Crippen LogP contribution in [0.4, 0.5) is 0 Å². The van der Waals surface area contributed by atoms with E-state index < -0.39 is 12.0 Å². The summed E-state index contributed by atoms with van der Waals surface area (Å²) in [4.78, 5) is 11.3. The third-order valence-electron chi connectivity index (χ3n) is 2.55. The Morgan fingerprint density at radius 2 is 2.11 bits per heavy atom. The molecule has 106 valence electrons. The van der Waals surface area contributed by atoms with Crippen LogP contribution in [0.5, 0.6) is 11.5 Å². The largest absolute Gasteiger partial charge is 0.490 e. The first kappa shape index (κ1) is 15.8. The maximum atomic E-state index is 11.3. The first-order valence-electron chi connectivity index (χ1n) is 6.14. The lowest BCUT2D eigenvalue weighted by molar-refractivity contribution is -0.124. The van der Waals surface area contributed by atoms with Gasteiger partial charge in [0.25, 0.3) is 5.91 Å². The summed E-state index contributed by atoms with van der Waals surface area (Å²) in [5.74, 6) is 0.529. The van der Waals surface area contributed by atoms with Crippen molar-refractivity contribution in [3.05, 3.63) is 22.2 Å². The molecule has 0 saturated carbocycles. The number of rotatable bonds is 7. The first-order valence-corrected chi connectivity index (χ1v) is 6.94. The van der Waals surface area contributed by atoms with Crippen LogP contribution in [0, 0.1) is 0 Å². The highest BCUT2D eigenvalue weighted by molar-refractivity contribution is 9.10. The van der Waals surface area contributed by atoms with E-state index in [2.05, 4.69) is 15.9 Å². The SMILES string of the molecule is CCOc1cc(CN)cc(Br)c1OC(CC)C(N)=O. The highest BCUT2D eigenvalue weighted by atomic mass is 79.9. The van der Waals surface area contributed by atoms with E-state index in [1.54, 1.807) is 6.07 Å². The fourth-order valence-corrected chi connectivity index (χ4v) is 2.18. The second-order valence-corrected chi connectivity index (χ2v) is 4.81. The summed E-state index contributed by atoms with van der Waals surface area (Å²) < 4.78 is 11.9. The molecule has 1 unspecified atom stereocenters. The molecule has 4 N–H and O–H groups in total. The van der Waals surface area contributed by atoms with Crippen molar-refractivity contribution in [3.63, 3.8) is 0 Å². The van der Waals surface area contributed by atoms with Gasteiger partial charge < -0.3 is 20.9 Å². The molecule has 0 spiro atoms. The van der Waals surface area contributed by atoms with Crippen LogP contribution in [0.15, 0.2) is 16.6 Å². The molecule has 1 rings (SSSR count). The molecule has 5 nitrogen and oxygen atoms in total. The number of carbonyl (C=O) groups excluding carboxylic acids is 1. The Morgan fingerprint density at radius 1 is 1.42 bits per heavy atom. The quantitative estimate of drug-likeness (QED) is 0.799. The van der Waals surface area contributed by atoms with Crippen molar-refractivity contribution < 1.29 is 14.3 Å². The minimum absolute atomic E-state index is 0.395. The van der Waals surface area contributed by atoms with E-state index >= 15 is 0 Å². The number of amides is 1. The Balaban J connectivity index is 3.13. The van der Waals surface area contributed by atoms with Gasteiger partial charge in [0.15, 0.2) is 17.6 Å². The van der Waals surface area contributed by atoms with Crippen LogP contribution in [-0.2, 0) is 11.3 Å². The van der Waals surface area contributed by atoms with E-state index in [4.69, 9.17) is 20.9 Å². The number of ether oxygens (including phenoxy) is 2. The smallest absolute Gasteiger partial charge is 0.258 e. The van der Waals surface area contributed by atoms with Crippen LogP contribution in [0.1, 0.15) is 25.8 Å². The second kappa shape index (κ2) is 7.35. The summed E-state index contributed by atoms with van der Waals surface area (Å²) in [5.41, 5.74) is 11.8. The van der Waals surface area contributed by atoms with Crippen LogP contribution >= 0.6 is 15.9 Å². The van der Waals surface area contributed by atoms with Crippen LogP contribution in [-0.4, -0.2) is 18.6 Å². The zero-order valence-electron chi connectivity index (χ0n) is 11.1. The van der Waals surface area contributed by atoms with Gasteiger partial charge in [-0.25, -0.2) is 0 Å². The van der Waals surface area contributed by atoms with Crippen molar-refractivity contribution in [2.24, 2.45) is 11.5 Å². The number of hydrogen-bond acceptors (Lipinski definition) is 4. The summed E-state index contributed by atoms with van der Waals surface area (Å²) >= 11 is 3.40. The minimum atomic E-state index is -0.681. The monoisotopic (exact) mass is 330 g/mol. The van der Waals surface area contributed by atoms with Crippen LogP contribution < -0.4 is 20.9 Å². The van der Waals surface area contributed by atoms with Gasteiger partial charge in [0.1, 0.15) is 0 Å². The normalized spacial score (nSPS) is 12.0. The van der Waals surface area contributed by atoms with Gasteiger partial charge in [-0.2, -0.15) is 0 Å². The van der Waals surface area contributed by atoms with Gasteiger partial charge in [-0.05, 0) is 47.0 Å². The van der Waals surface area contributed by atoms with E-state index in [1.807, 2.05) is 19.9 Å². The van der Waals surface area contributed by atoms with Crippen molar-refractivity contribution in [2.75, 3.05) is 6.61 Å². The lowest BCUT2D eigenvalue weighted by Gasteiger charge is -2.19. The summed E-state index contributed by atoms with van der Waals surface area (Å²) in [6.45, 7) is 4.59. The maximum absolute atomic E-state index is 11.3. The molecule has 0 aliphatic heterocycles. The molecular weight excluding hydrogens is 312 g/mol. The highest BCUT2D eigenvalue weighted by Crippen LogP contribution is 2.37. The number of halogens is 1. The Morgan fingerprint density at radius 3 is 2.58 bits per heavy atom. The van der Waals surface area contributed by atoms with Gasteiger partial charge in [-0.1, -0.05) is 6.92 Å². The minimum Gasteiger partial charge on any atom is -0.490 e. The number of carbonyl (C=O) groups is 1. The number of benzene rings is 1. The molecule has 0 aliphatic rings. The van der Waals surface area contributed by atoms with Crippen molar-refractivity contribution in [3.8, 4) is 11.5 Å². The van der Waals surface area contributed by atoms with Gasteiger partial charge in [0.05, 0.1) is 11.1 Å². The molecule has 0 bridgehead atoms. The van der Waals surface area contributed by atoms with E-state index in [0.717, 1.165) is 5.56 Å². The van der Waals surface area contributed by atoms with Gasteiger partial charge in [-0.3, -0.25) is 4.79 Å². The van der Waals surface area contributed by atoms with Crippen molar-refractivity contribution >= 4 is 21.8 Å². The lowest BCUT2D eigenvalue weighted by atomic mass is 10.2. The van der Waals surface area contributed by atoms with E-state index in [1.165, 1.54) is 0 Å². The lowest BCUT2D eigenvalue weighted by Crippen LogP contribution is -2.33. The summed E-state index contributed by atoms with van der Waals surface area (Å²) in [6, 6.07) is 3.64. The van der Waals surface area contributed by atoms with Crippen LogP contribution in [0.3, 0.4) is 0 Å². The summed E-state index contributed by atoms with van der Waals surface area (Å²) in [7, 11) is 0. The van der Waals surface area contributed by atoms with Crippen LogP contribution in [0.25, 0.3) is 0 Å². The van der Waals surface area contributed by atoms with E-state index in [-0.39, 0.29) is 0 Å². The van der Waals surface area contributed by atoms with Gasteiger partial charge >= 0.3 is 0 Å². The molecule has 0 fully saturated rings. The zero-order chi connectivity index (χ0) is 14.4. The predicted octanol–water partition coefficient (Wildman–Crippen LogP) is 1.95.